The molecule has 1 aliphatic carbocycles. The van der Waals surface area contributed by atoms with Crippen molar-refractivity contribution in [3.05, 3.63) is 28.8 Å². The summed E-state index contributed by atoms with van der Waals surface area (Å²) in [6.45, 7) is 0.759. The zero-order valence-corrected chi connectivity index (χ0v) is 9.72. The molecule has 0 saturated heterocycles. The smallest absolute Gasteiger partial charge is 0.101 e. The van der Waals surface area contributed by atoms with E-state index in [1.807, 2.05) is 12.1 Å². The van der Waals surface area contributed by atoms with Crippen molar-refractivity contribution < 1.29 is 0 Å². The fraction of sp³-hybridized carbons (Fsp3) is 0.417. The molecule has 3 nitrogen and oxygen atoms in total. The van der Waals surface area contributed by atoms with Crippen LogP contribution in [0.3, 0.4) is 0 Å². The number of hydrogen-bond acceptors (Lipinski definition) is 3. The first-order valence-corrected chi connectivity index (χ1v) is 5.73. The minimum Gasteiger partial charge on any atom is -0.383 e. The van der Waals surface area contributed by atoms with Gasteiger partial charge >= 0.3 is 0 Å². The average molecular weight is 236 g/mol. The van der Waals surface area contributed by atoms with E-state index >= 15 is 0 Å². The van der Waals surface area contributed by atoms with E-state index in [1.165, 1.54) is 6.42 Å². The maximum absolute atomic E-state index is 8.74. The van der Waals surface area contributed by atoms with Crippen molar-refractivity contribution in [1.29, 1.82) is 5.26 Å². The molecule has 16 heavy (non-hydrogen) atoms. The lowest BCUT2D eigenvalue weighted by atomic mass is 9.78. The van der Waals surface area contributed by atoms with E-state index in [1.54, 1.807) is 12.1 Å². The number of benzene rings is 1. The van der Waals surface area contributed by atoms with Crippen LogP contribution in [0.15, 0.2) is 18.2 Å². The van der Waals surface area contributed by atoms with Crippen LogP contribution in [0, 0.1) is 11.3 Å². The summed E-state index contributed by atoms with van der Waals surface area (Å²) in [5.74, 6) is 0. The van der Waals surface area contributed by atoms with Crippen molar-refractivity contribution >= 4 is 17.3 Å². The molecule has 0 aromatic heterocycles. The van der Waals surface area contributed by atoms with Gasteiger partial charge in [-0.15, -0.1) is 0 Å². The van der Waals surface area contributed by atoms with Gasteiger partial charge in [0.05, 0.1) is 10.6 Å². The molecule has 1 aromatic rings. The standard InChI is InChI=1S/C12H14ClN3/c13-11-6-10(3-2-9(11)7-14)16-8-12(15)4-1-5-12/h2-3,6,16H,1,4-5,8,15H2. The Morgan fingerprint density at radius 1 is 1.50 bits per heavy atom. The average Bonchev–Trinajstić information content (AvgIpc) is 2.24. The Balaban J connectivity index is 2.00. The number of nitrogens with one attached hydrogen (secondary N) is 1. The number of halogens is 1. The highest BCUT2D eigenvalue weighted by atomic mass is 35.5. The molecule has 0 heterocycles. The first kappa shape index (κ1) is 11.3. The van der Waals surface area contributed by atoms with E-state index in [0.717, 1.165) is 25.1 Å². The zero-order chi connectivity index (χ0) is 11.6. The first-order valence-electron chi connectivity index (χ1n) is 5.35. The highest BCUT2D eigenvalue weighted by molar-refractivity contribution is 6.32. The minimum absolute atomic E-state index is 0.0552. The van der Waals surface area contributed by atoms with E-state index in [4.69, 9.17) is 22.6 Å². The van der Waals surface area contributed by atoms with Crippen LogP contribution in [0.5, 0.6) is 0 Å². The normalized spacial score (nSPS) is 17.3. The number of nitrogens with zero attached hydrogens (tertiary/aromatic N) is 1. The van der Waals surface area contributed by atoms with Gasteiger partial charge in [0, 0.05) is 17.8 Å². The zero-order valence-electron chi connectivity index (χ0n) is 8.96. The van der Waals surface area contributed by atoms with Crippen molar-refractivity contribution in [3.8, 4) is 6.07 Å². The van der Waals surface area contributed by atoms with E-state index in [9.17, 15) is 0 Å². The van der Waals surface area contributed by atoms with Crippen molar-refractivity contribution in [3.63, 3.8) is 0 Å². The van der Waals surface area contributed by atoms with Crippen LogP contribution < -0.4 is 11.1 Å². The van der Waals surface area contributed by atoms with Crippen LogP contribution >= 0.6 is 11.6 Å². The fourth-order valence-corrected chi connectivity index (χ4v) is 2.02. The van der Waals surface area contributed by atoms with Gasteiger partial charge in [-0.3, -0.25) is 0 Å². The molecule has 1 saturated carbocycles. The summed E-state index contributed by atoms with van der Waals surface area (Å²) in [7, 11) is 0. The molecule has 2 rings (SSSR count). The van der Waals surface area contributed by atoms with E-state index < -0.39 is 0 Å². The molecule has 0 radical (unpaired) electrons. The van der Waals surface area contributed by atoms with Crippen molar-refractivity contribution in [2.45, 2.75) is 24.8 Å². The molecule has 0 aliphatic heterocycles. The highest BCUT2D eigenvalue weighted by Gasteiger charge is 2.31. The monoisotopic (exact) mass is 235 g/mol. The van der Waals surface area contributed by atoms with Crippen molar-refractivity contribution in [2.24, 2.45) is 5.73 Å². The summed E-state index contributed by atoms with van der Waals surface area (Å²) >= 11 is 5.93. The molecular formula is C12H14ClN3. The topological polar surface area (TPSA) is 61.8 Å². The van der Waals surface area contributed by atoms with Gasteiger partial charge in [-0.2, -0.15) is 5.26 Å². The van der Waals surface area contributed by atoms with Crippen molar-refractivity contribution in [2.75, 3.05) is 11.9 Å². The Labute approximate surface area is 100 Å². The second-order valence-corrected chi connectivity index (χ2v) is 4.78. The molecule has 0 amide bonds. The Hall–Kier alpha value is -1.24. The molecule has 1 fully saturated rings. The predicted molar refractivity (Wildman–Crippen MR) is 65.4 cm³/mol. The van der Waals surface area contributed by atoms with Gasteiger partial charge in [0.25, 0.3) is 0 Å². The SMILES string of the molecule is N#Cc1ccc(NCC2(N)CCC2)cc1Cl. The van der Waals surface area contributed by atoms with Crippen LogP contribution in [-0.2, 0) is 0 Å². The lowest BCUT2D eigenvalue weighted by molar-refractivity contribution is 0.265. The van der Waals surface area contributed by atoms with Gasteiger partial charge in [0.2, 0.25) is 0 Å². The number of hydrogen-bond donors (Lipinski definition) is 2. The highest BCUT2D eigenvalue weighted by Crippen LogP contribution is 2.29. The van der Waals surface area contributed by atoms with Crippen LogP contribution in [-0.4, -0.2) is 12.1 Å². The molecule has 0 atom stereocenters. The number of nitriles is 1. The summed E-state index contributed by atoms with van der Waals surface area (Å²) in [6.07, 6.45) is 3.36. The van der Waals surface area contributed by atoms with Crippen LogP contribution in [0.4, 0.5) is 5.69 Å². The Morgan fingerprint density at radius 3 is 2.75 bits per heavy atom. The summed E-state index contributed by atoms with van der Waals surface area (Å²) in [5.41, 5.74) is 7.46. The van der Waals surface area contributed by atoms with Gasteiger partial charge in [-0.1, -0.05) is 11.6 Å². The maximum Gasteiger partial charge on any atom is 0.101 e. The molecule has 3 N–H and O–H groups in total. The lowest BCUT2D eigenvalue weighted by Crippen LogP contribution is -2.51. The Kier molecular flexibility index (Phi) is 3.04. The third-order valence-corrected chi connectivity index (χ3v) is 3.40. The van der Waals surface area contributed by atoms with E-state index in [0.29, 0.717) is 10.6 Å². The second kappa shape index (κ2) is 4.32. The number of nitrogens with two attached hydrogens (primary N) is 1. The molecular weight excluding hydrogens is 222 g/mol. The quantitative estimate of drug-likeness (QED) is 0.846. The third-order valence-electron chi connectivity index (χ3n) is 3.08. The summed E-state index contributed by atoms with van der Waals surface area (Å²) in [5, 5.41) is 12.5. The van der Waals surface area contributed by atoms with Gasteiger partial charge in [0.15, 0.2) is 0 Å². The van der Waals surface area contributed by atoms with E-state index in [2.05, 4.69) is 5.32 Å². The van der Waals surface area contributed by atoms with Crippen LogP contribution in [0.25, 0.3) is 0 Å². The number of anilines is 1. The Morgan fingerprint density at radius 2 is 2.25 bits per heavy atom. The lowest BCUT2D eigenvalue weighted by Gasteiger charge is -2.38. The Bertz CT molecular complexity index is 432. The molecule has 0 bridgehead atoms. The molecule has 4 heteroatoms. The fourth-order valence-electron chi connectivity index (χ4n) is 1.80. The van der Waals surface area contributed by atoms with Gasteiger partial charge in [-0.05, 0) is 37.5 Å². The van der Waals surface area contributed by atoms with Crippen LogP contribution in [0.1, 0.15) is 24.8 Å². The molecule has 1 aromatic carbocycles. The van der Waals surface area contributed by atoms with Gasteiger partial charge in [0.1, 0.15) is 6.07 Å². The third kappa shape index (κ3) is 2.29. The predicted octanol–water partition coefficient (Wildman–Crippen LogP) is 2.50. The van der Waals surface area contributed by atoms with Gasteiger partial charge < -0.3 is 11.1 Å². The van der Waals surface area contributed by atoms with Crippen LogP contribution in [0.2, 0.25) is 5.02 Å². The molecule has 0 spiro atoms. The summed E-state index contributed by atoms with van der Waals surface area (Å²) < 4.78 is 0. The first-order chi connectivity index (χ1) is 7.63. The van der Waals surface area contributed by atoms with Crippen molar-refractivity contribution in [1.82, 2.24) is 0 Å². The molecule has 84 valence electrons. The molecule has 0 unspecified atom stereocenters. The largest absolute Gasteiger partial charge is 0.383 e. The summed E-state index contributed by atoms with van der Waals surface area (Å²) in [6, 6.07) is 7.37. The van der Waals surface area contributed by atoms with E-state index in [-0.39, 0.29) is 5.54 Å². The molecule has 1 aliphatic rings. The second-order valence-electron chi connectivity index (χ2n) is 4.38. The summed E-state index contributed by atoms with van der Waals surface area (Å²) in [4.78, 5) is 0. The minimum atomic E-state index is -0.0552. The maximum atomic E-state index is 8.74. The number of rotatable bonds is 3. The van der Waals surface area contributed by atoms with Gasteiger partial charge in [-0.25, -0.2) is 0 Å².